The molecule has 148 valence electrons. The lowest BCUT2D eigenvalue weighted by molar-refractivity contribution is -0.116. The molecule has 29 heavy (non-hydrogen) atoms. The number of fused-ring (bicyclic) bond motifs is 1. The van der Waals surface area contributed by atoms with Crippen LogP contribution < -0.4 is 10.9 Å². The Balaban J connectivity index is 1.63. The van der Waals surface area contributed by atoms with E-state index in [2.05, 4.69) is 15.3 Å². The Morgan fingerprint density at radius 2 is 1.97 bits per heavy atom. The molecular weight excluding hydrogens is 409 g/mol. The van der Waals surface area contributed by atoms with Crippen LogP contribution in [0.3, 0.4) is 0 Å². The normalized spacial score (nSPS) is 15.7. The van der Waals surface area contributed by atoms with E-state index in [0.29, 0.717) is 22.3 Å². The van der Waals surface area contributed by atoms with Gasteiger partial charge >= 0.3 is 0 Å². The third-order valence-electron chi connectivity index (χ3n) is 4.71. The van der Waals surface area contributed by atoms with Crippen LogP contribution in [0, 0.1) is 5.82 Å². The number of hydrogen-bond acceptors (Lipinski definition) is 5. The van der Waals surface area contributed by atoms with Gasteiger partial charge in [0.15, 0.2) is 5.16 Å². The van der Waals surface area contributed by atoms with Crippen LogP contribution in [0.25, 0.3) is 0 Å². The van der Waals surface area contributed by atoms with Crippen molar-refractivity contribution >= 4 is 35.2 Å². The molecule has 0 bridgehead atoms. The highest BCUT2D eigenvalue weighted by molar-refractivity contribution is 7.98. The molecule has 0 fully saturated rings. The fourth-order valence-electron chi connectivity index (χ4n) is 3.32. The monoisotopic (exact) mass is 427 g/mol. The fraction of sp³-hybridized carbons (Fsp3) is 0.190. The van der Waals surface area contributed by atoms with Crippen LogP contribution in [0.5, 0.6) is 0 Å². The number of aromatic amines is 1. The van der Waals surface area contributed by atoms with Gasteiger partial charge in [-0.1, -0.05) is 36.0 Å². The number of benzene rings is 2. The van der Waals surface area contributed by atoms with Crippen molar-refractivity contribution in [1.82, 2.24) is 9.97 Å². The number of hydrogen-bond donors (Lipinski definition) is 2. The number of thioether (sulfide) groups is 2. The molecule has 4 rings (SSSR count). The van der Waals surface area contributed by atoms with Crippen LogP contribution in [-0.2, 0) is 10.5 Å². The third kappa shape index (κ3) is 4.38. The number of rotatable bonds is 5. The molecule has 0 aliphatic carbocycles. The van der Waals surface area contributed by atoms with Gasteiger partial charge in [0, 0.05) is 23.0 Å². The smallest absolute Gasteiger partial charge is 0.257 e. The van der Waals surface area contributed by atoms with E-state index in [1.807, 2.05) is 36.6 Å². The molecule has 0 spiro atoms. The second-order valence-electron chi connectivity index (χ2n) is 6.63. The van der Waals surface area contributed by atoms with Crippen molar-refractivity contribution in [2.24, 2.45) is 0 Å². The first-order valence-corrected chi connectivity index (χ1v) is 11.2. The van der Waals surface area contributed by atoms with Crippen molar-refractivity contribution in [2.75, 3.05) is 11.6 Å². The first-order valence-electron chi connectivity index (χ1n) is 8.99. The fourth-order valence-corrected chi connectivity index (χ4v) is 4.53. The van der Waals surface area contributed by atoms with Gasteiger partial charge in [-0.25, -0.2) is 9.37 Å². The Hall–Kier alpha value is -2.58. The highest BCUT2D eigenvalue weighted by atomic mass is 32.2. The van der Waals surface area contributed by atoms with Gasteiger partial charge < -0.3 is 10.3 Å². The van der Waals surface area contributed by atoms with Gasteiger partial charge in [0.2, 0.25) is 5.91 Å². The van der Waals surface area contributed by atoms with Crippen molar-refractivity contribution in [3.63, 3.8) is 0 Å². The average molecular weight is 428 g/mol. The summed E-state index contributed by atoms with van der Waals surface area (Å²) >= 11 is 2.92. The molecule has 0 saturated carbocycles. The van der Waals surface area contributed by atoms with Crippen molar-refractivity contribution < 1.29 is 9.18 Å². The molecule has 1 amide bonds. The van der Waals surface area contributed by atoms with Gasteiger partial charge in [0.1, 0.15) is 11.6 Å². The van der Waals surface area contributed by atoms with E-state index in [-0.39, 0.29) is 29.6 Å². The zero-order valence-electron chi connectivity index (χ0n) is 15.6. The minimum absolute atomic E-state index is 0.171. The van der Waals surface area contributed by atoms with Crippen LogP contribution >= 0.6 is 23.5 Å². The Morgan fingerprint density at radius 1 is 1.17 bits per heavy atom. The number of nitrogens with zero attached hydrogens (tertiary/aromatic N) is 1. The van der Waals surface area contributed by atoms with E-state index in [9.17, 15) is 14.0 Å². The number of H-pyrrole nitrogens is 1. The molecule has 1 atom stereocenters. The first-order chi connectivity index (χ1) is 14.0. The quantitative estimate of drug-likeness (QED) is 0.466. The third-order valence-corrected chi connectivity index (χ3v) is 6.40. The molecular formula is C21H18FN3O2S2. The summed E-state index contributed by atoms with van der Waals surface area (Å²) in [6.45, 7) is 0. The Kier molecular flexibility index (Phi) is 5.73. The molecule has 2 heterocycles. The molecule has 3 aromatic rings. The Labute approximate surface area is 175 Å². The molecule has 2 aromatic carbocycles. The molecule has 8 heteroatoms. The summed E-state index contributed by atoms with van der Waals surface area (Å²) < 4.78 is 13.3. The molecule has 0 radical (unpaired) electrons. The number of aromatic nitrogens is 2. The second kappa shape index (κ2) is 8.42. The van der Waals surface area contributed by atoms with Gasteiger partial charge in [-0.3, -0.25) is 9.59 Å². The molecule has 1 aromatic heterocycles. The summed E-state index contributed by atoms with van der Waals surface area (Å²) in [5.41, 5.74) is 1.89. The molecule has 1 aliphatic rings. The van der Waals surface area contributed by atoms with E-state index >= 15 is 0 Å². The number of nitrogens with one attached hydrogen (secondary N) is 2. The zero-order valence-corrected chi connectivity index (χ0v) is 17.2. The summed E-state index contributed by atoms with van der Waals surface area (Å²) in [5.74, 6) is -0.0698. The summed E-state index contributed by atoms with van der Waals surface area (Å²) in [7, 11) is 0. The SMILES string of the molecule is CSc1ccc(C2CC(=O)Nc3nc(SCc4cccc(F)c4)[nH]c(=O)c32)cc1. The average Bonchev–Trinajstić information content (AvgIpc) is 2.71. The summed E-state index contributed by atoms with van der Waals surface area (Å²) in [6, 6.07) is 14.1. The molecule has 5 nitrogen and oxygen atoms in total. The summed E-state index contributed by atoms with van der Waals surface area (Å²) in [4.78, 5) is 33.5. The Bertz CT molecular complexity index is 1120. The van der Waals surface area contributed by atoms with Crippen molar-refractivity contribution in [2.45, 2.75) is 28.1 Å². The van der Waals surface area contributed by atoms with Crippen LogP contribution in [0.15, 0.2) is 63.4 Å². The van der Waals surface area contributed by atoms with Gasteiger partial charge in [-0.15, -0.1) is 11.8 Å². The molecule has 1 aliphatic heterocycles. The van der Waals surface area contributed by atoms with Crippen LogP contribution in [0.2, 0.25) is 0 Å². The van der Waals surface area contributed by atoms with Gasteiger partial charge in [0.25, 0.3) is 5.56 Å². The van der Waals surface area contributed by atoms with Gasteiger partial charge in [0.05, 0.1) is 5.56 Å². The van der Waals surface area contributed by atoms with Crippen molar-refractivity contribution in [1.29, 1.82) is 0 Å². The Morgan fingerprint density at radius 3 is 2.69 bits per heavy atom. The van der Waals surface area contributed by atoms with Gasteiger partial charge in [-0.05, 0) is 41.6 Å². The van der Waals surface area contributed by atoms with Crippen molar-refractivity contribution in [3.8, 4) is 0 Å². The lowest BCUT2D eigenvalue weighted by atomic mass is 9.87. The van der Waals surface area contributed by atoms with Crippen LogP contribution in [-0.4, -0.2) is 22.1 Å². The highest BCUT2D eigenvalue weighted by Gasteiger charge is 2.30. The number of amides is 1. The number of anilines is 1. The second-order valence-corrected chi connectivity index (χ2v) is 8.47. The molecule has 2 N–H and O–H groups in total. The maximum atomic E-state index is 13.3. The van der Waals surface area contributed by atoms with E-state index in [1.165, 1.54) is 23.9 Å². The summed E-state index contributed by atoms with van der Waals surface area (Å²) in [5, 5.41) is 3.11. The number of halogens is 1. The largest absolute Gasteiger partial charge is 0.310 e. The van der Waals surface area contributed by atoms with E-state index in [0.717, 1.165) is 16.0 Å². The number of carbonyl (C=O) groups is 1. The van der Waals surface area contributed by atoms with E-state index in [1.54, 1.807) is 17.8 Å². The summed E-state index contributed by atoms with van der Waals surface area (Å²) in [6.07, 6.45) is 2.20. The van der Waals surface area contributed by atoms with Crippen LogP contribution in [0.4, 0.5) is 10.2 Å². The molecule has 0 saturated heterocycles. The predicted molar refractivity (Wildman–Crippen MR) is 114 cm³/mol. The minimum Gasteiger partial charge on any atom is -0.310 e. The van der Waals surface area contributed by atoms with Crippen LogP contribution in [0.1, 0.15) is 29.0 Å². The number of carbonyl (C=O) groups excluding carboxylic acids is 1. The topological polar surface area (TPSA) is 74.8 Å². The van der Waals surface area contributed by atoms with E-state index in [4.69, 9.17) is 0 Å². The minimum atomic E-state index is -0.340. The van der Waals surface area contributed by atoms with Gasteiger partial charge in [-0.2, -0.15) is 0 Å². The maximum Gasteiger partial charge on any atom is 0.257 e. The lowest BCUT2D eigenvalue weighted by Crippen LogP contribution is -2.31. The standard InChI is InChI=1S/C21H18FN3O2S2/c1-28-15-7-5-13(6-8-15)16-10-17(26)23-19-18(16)20(27)25-21(24-19)29-11-12-3-2-4-14(22)9-12/h2-9,16H,10-11H2,1H3,(H2,23,24,25,26,27). The predicted octanol–water partition coefficient (Wildman–Crippen LogP) is 4.40. The van der Waals surface area contributed by atoms with E-state index < -0.39 is 0 Å². The molecule has 1 unspecified atom stereocenters. The highest BCUT2D eigenvalue weighted by Crippen LogP contribution is 2.35. The lowest BCUT2D eigenvalue weighted by Gasteiger charge is -2.24. The first kappa shape index (κ1) is 19.7. The zero-order chi connectivity index (χ0) is 20.4. The van der Waals surface area contributed by atoms with Crippen molar-refractivity contribution in [3.05, 3.63) is 81.4 Å². The maximum absolute atomic E-state index is 13.3.